The van der Waals surface area contributed by atoms with Crippen molar-refractivity contribution in [3.8, 4) is 16.6 Å². The van der Waals surface area contributed by atoms with Crippen LogP contribution in [0.15, 0.2) is 55.0 Å². The van der Waals surface area contributed by atoms with Gasteiger partial charge in [-0.2, -0.15) is 5.26 Å². The number of nitriles is 1. The molecule has 5 heteroatoms. The first-order chi connectivity index (χ1) is 10.8. The number of benzene rings is 1. The van der Waals surface area contributed by atoms with Crippen molar-refractivity contribution >= 4 is 11.3 Å². The Kier molecular flexibility index (Phi) is 4.24. The van der Waals surface area contributed by atoms with E-state index >= 15 is 0 Å². The third-order valence-electron chi connectivity index (χ3n) is 3.29. The number of hydrogen-bond donors (Lipinski definition) is 1. The molecular formula is C17H13N3OS. The van der Waals surface area contributed by atoms with Crippen molar-refractivity contribution in [2.75, 3.05) is 0 Å². The molecule has 2 heterocycles. The van der Waals surface area contributed by atoms with Crippen molar-refractivity contribution < 1.29 is 5.11 Å². The van der Waals surface area contributed by atoms with Crippen LogP contribution in [0.1, 0.15) is 22.1 Å². The highest BCUT2D eigenvalue weighted by atomic mass is 32.1. The van der Waals surface area contributed by atoms with Gasteiger partial charge in [0.25, 0.3) is 0 Å². The predicted octanol–water partition coefficient (Wildman–Crippen LogP) is 3.35. The first kappa shape index (κ1) is 14.4. The maximum Gasteiger partial charge on any atom is 0.123 e. The summed E-state index contributed by atoms with van der Waals surface area (Å²) >= 11 is 1.47. The molecule has 0 bridgehead atoms. The Balaban J connectivity index is 1.76. The van der Waals surface area contributed by atoms with Crippen LogP contribution in [0.5, 0.6) is 0 Å². The molecule has 0 spiro atoms. The molecule has 0 saturated carbocycles. The van der Waals surface area contributed by atoms with Crippen LogP contribution in [-0.2, 0) is 6.42 Å². The highest BCUT2D eigenvalue weighted by molar-refractivity contribution is 7.15. The number of thiazole rings is 1. The molecule has 1 N–H and O–H groups in total. The molecule has 1 unspecified atom stereocenters. The average molecular weight is 307 g/mol. The fourth-order valence-corrected chi connectivity index (χ4v) is 3.01. The van der Waals surface area contributed by atoms with Gasteiger partial charge in [0, 0.05) is 30.6 Å². The summed E-state index contributed by atoms with van der Waals surface area (Å²) < 4.78 is 0. The van der Waals surface area contributed by atoms with Crippen LogP contribution in [0.4, 0.5) is 0 Å². The Labute approximate surface area is 132 Å². The van der Waals surface area contributed by atoms with Gasteiger partial charge in [-0.15, -0.1) is 11.3 Å². The Morgan fingerprint density at radius 2 is 1.86 bits per heavy atom. The second-order valence-corrected chi connectivity index (χ2v) is 5.89. The highest BCUT2D eigenvalue weighted by Gasteiger charge is 2.13. The number of hydrogen-bond acceptors (Lipinski definition) is 5. The van der Waals surface area contributed by atoms with Gasteiger partial charge in [0.15, 0.2) is 0 Å². The van der Waals surface area contributed by atoms with E-state index in [9.17, 15) is 5.11 Å². The van der Waals surface area contributed by atoms with Crippen molar-refractivity contribution in [2.45, 2.75) is 12.5 Å². The molecule has 2 aromatic heterocycles. The first-order valence-corrected chi connectivity index (χ1v) is 7.61. The van der Waals surface area contributed by atoms with Gasteiger partial charge in [0.2, 0.25) is 0 Å². The molecule has 3 rings (SSSR count). The SMILES string of the molecule is N#Cc1ccc(-c2ncc(C(O)Cc3ccncc3)s2)cc1. The lowest BCUT2D eigenvalue weighted by Crippen LogP contribution is -1.99. The van der Waals surface area contributed by atoms with Crippen LogP contribution in [0.25, 0.3) is 10.6 Å². The summed E-state index contributed by atoms with van der Waals surface area (Å²) in [6.07, 6.45) is 5.11. The maximum absolute atomic E-state index is 10.3. The summed E-state index contributed by atoms with van der Waals surface area (Å²) in [7, 11) is 0. The zero-order valence-corrected chi connectivity index (χ0v) is 12.5. The summed E-state index contributed by atoms with van der Waals surface area (Å²) in [5, 5.41) is 20.0. The summed E-state index contributed by atoms with van der Waals surface area (Å²) in [6, 6.07) is 13.2. The third-order valence-corrected chi connectivity index (χ3v) is 4.44. The van der Waals surface area contributed by atoms with E-state index in [2.05, 4.69) is 16.0 Å². The second kappa shape index (κ2) is 6.48. The monoisotopic (exact) mass is 307 g/mol. The van der Waals surface area contributed by atoms with Gasteiger partial charge in [-0.25, -0.2) is 4.98 Å². The lowest BCUT2D eigenvalue weighted by molar-refractivity contribution is 0.182. The summed E-state index contributed by atoms with van der Waals surface area (Å²) in [5.41, 5.74) is 2.61. The fraction of sp³-hybridized carbons (Fsp3) is 0.118. The van der Waals surface area contributed by atoms with Crippen molar-refractivity contribution in [1.82, 2.24) is 9.97 Å². The number of nitrogens with zero attached hydrogens (tertiary/aromatic N) is 3. The van der Waals surface area contributed by atoms with Crippen molar-refractivity contribution in [2.24, 2.45) is 0 Å². The van der Waals surface area contributed by atoms with Gasteiger partial charge < -0.3 is 5.11 Å². The predicted molar refractivity (Wildman–Crippen MR) is 85.2 cm³/mol. The second-order valence-electron chi connectivity index (χ2n) is 4.83. The lowest BCUT2D eigenvalue weighted by atomic mass is 10.1. The molecule has 1 atom stereocenters. The molecule has 0 aliphatic carbocycles. The minimum Gasteiger partial charge on any atom is -0.387 e. The van der Waals surface area contributed by atoms with Gasteiger partial charge in [0.05, 0.1) is 22.6 Å². The molecule has 1 aromatic carbocycles. The minimum absolute atomic E-state index is 0.539. The molecule has 22 heavy (non-hydrogen) atoms. The molecule has 0 fully saturated rings. The molecular weight excluding hydrogens is 294 g/mol. The lowest BCUT2D eigenvalue weighted by Gasteiger charge is -2.07. The first-order valence-electron chi connectivity index (χ1n) is 6.79. The van der Waals surface area contributed by atoms with Gasteiger partial charge in [0.1, 0.15) is 5.01 Å². The number of aromatic nitrogens is 2. The van der Waals surface area contributed by atoms with Crippen LogP contribution >= 0.6 is 11.3 Å². The number of pyridine rings is 1. The van der Waals surface area contributed by atoms with Crippen molar-refractivity contribution in [3.05, 3.63) is 71.0 Å². The van der Waals surface area contributed by atoms with Crippen molar-refractivity contribution in [1.29, 1.82) is 5.26 Å². The van der Waals surface area contributed by atoms with Crippen molar-refractivity contribution in [3.63, 3.8) is 0 Å². The Bertz CT molecular complexity index is 791. The largest absolute Gasteiger partial charge is 0.387 e. The Hall–Kier alpha value is -2.55. The van der Waals surface area contributed by atoms with E-state index in [0.29, 0.717) is 12.0 Å². The van der Waals surface area contributed by atoms with Gasteiger partial charge in [-0.05, 0) is 29.8 Å². The van der Waals surface area contributed by atoms with Gasteiger partial charge in [-0.3, -0.25) is 4.98 Å². The van der Waals surface area contributed by atoms with E-state index in [0.717, 1.165) is 21.0 Å². The molecule has 108 valence electrons. The Morgan fingerprint density at radius 1 is 1.14 bits per heavy atom. The van der Waals surface area contributed by atoms with E-state index in [1.54, 1.807) is 30.7 Å². The van der Waals surface area contributed by atoms with E-state index < -0.39 is 6.10 Å². The summed E-state index contributed by atoms with van der Waals surface area (Å²) in [6.45, 7) is 0. The fourth-order valence-electron chi connectivity index (χ4n) is 2.10. The number of aliphatic hydroxyl groups excluding tert-OH is 1. The average Bonchev–Trinajstić information content (AvgIpc) is 3.06. The van der Waals surface area contributed by atoms with Gasteiger partial charge in [-0.1, -0.05) is 12.1 Å². The minimum atomic E-state index is -0.577. The zero-order valence-electron chi connectivity index (χ0n) is 11.7. The number of rotatable bonds is 4. The third kappa shape index (κ3) is 3.19. The normalized spacial score (nSPS) is 11.8. The molecule has 0 saturated heterocycles. The zero-order chi connectivity index (χ0) is 15.4. The van der Waals surface area contributed by atoms with Crippen LogP contribution in [0.3, 0.4) is 0 Å². The molecule has 4 nitrogen and oxygen atoms in total. The van der Waals surface area contributed by atoms with Crippen LogP contribution in [-0.4, -0.2) is 15.1 Å². The van der Waals surface area contributed by atoms with E-state index in [1.807, 2.05) is 24.3 Å². The smallest absolute Gasteiger partial charge is 0.123 e. The molecule has 3 aromatic rings. The summed E-state index contributed by atoms with van der Waals surface area (Å²) in [5.74, 6) is 0. The highest BCUT2D eigenvalue weighted by Crippen LogP contribution is 2.30. The molecule has 0 radical (unpaired) electrons. The summed E-state index contributed by atoms with van der Waals surface area (Å²) in [4.78, 5) is 9.17. The van der Waals surface area contributed by atoms with Crippen LogP contribution in [0, 0.1) is 11.3 Å². The van der Waals surface area contributed by atoms with E-state index in [1.165, 1.54) is 11.3 Å². The van der Waals surface area contributed by atoms with Gasteiger partial charge >= 0.3 is 0 Å². The van der Waals surface area contributed by atoms with Crippen LogP contribution < -0.4 is 0 Å². The molecule has 0 aliphatic heterocycles. The van der Waals surface area contributed by atoms with Crippen LogP contribution in [0.2, 0.25) is 0 Å². The molecule has 0 amide bonds. The standard InChI is InChI=1S/C17H13N3OS/c18-10-13-1-3-14(4-2-13)17-20-11-16(22-17)15(21)9-12-5-7-19-8-6-12/h1-8,11,15,21H,9H2. The number of aliphatic hydroxyl groups is 1. The maximum atomic E-state index is 10.3. The topological polar surface area (TPSA) is 69.8 Å². The van der Waals surface area contributed by atoms with E-state index in [-0.39, 0.29) is 0 Å². The van der Waals surface area contributed by atoms with E-state index in [4.69, 9.17) is 5.26 Å². The molecule has 0 aliphatic rings. The quantitative estimate of drug-likeness (QED) is 0.802. The Morgan fingerprint density at radius 3 is 2.55 bits per heavy atom.